The number of H-pyrrole nitrogens is 2. The number of anilines is 3. The Morgan fingerprint density at radius 3 is 2.04 bits per heavy atom. The van der Waals surface area contributed by atoms with Crippen molar-refractivity contribution in [2.75, 3.05) is 50.7 Å². The van der Waals surface area contributed by atoms with Crippen molar-refractivity contribution in [2.45, 2.75) is 80.4 Å². The number of amides is 1. The summed E-state index contributed by atoms with van der Waals surface area (Å²) in [6.45, 7) is -2.10. The number of hydrogen-bond acceptors (Lipinski definition) is 28. The number of aryl methyl sites for hydroxylation is 1. The van der Waals surface area contributed by atoms with Gasteiger partial charge in [-0.2, -0.15) is 13.6 Å². The summed E-state index contributed by atoms with van der Waals surface area (Å²) >= 11 is 0. The normalized spacial score (nSPS) is 29.4. The van der Waals surface area contributed by atoms with Crippen LogP contribution in [0.25, 0.3) is 33.5 Å². The molecule has 0 aliphatic carbocycles. The molecule has 6 aromatic heterocycles. The van der Waals surface area contributed by atoms with Crippen LogP contribution in [0, 0.1) is 5.92 Å². The van der Waals surface area contributed by atoms with Gasteiger partial charge in [0.2, 0.25) is 23.6 Å². The molecule has 6 aromatic rings. The fourth-order valence-electron chi connectivity index (χ4n) is 9.19. The lowest BCUT2D eigenvalue weighted by Crippen LogP contribution is -2.46. The van der Waals surface area contributed by atoms with Gasteiger partial charge in [-0.15, -0.1) is 0 Å². The summed E-state index contributed by atoms with van der Waals surface area (Å²) in [5.41, 5.74) is 13.6. The third kappa shape index (κ3) is 11.7. The number of fused-ring (bicyclic) bond motifs is 3. The lowest BCUT2D eigenvalue weighted by Gasteiger charge is -2.28. The first-order valence-electron chi connectivity index (χ1n) is 23.0. The number of phosphoric ester groups is 2. The molecule has 9 rings (SSSR count). The number of methoxy groups -OCH3 is 1. The van der Waals surface area contributed by atoms with Crippen molar-refractivity contribution < 1.29 is 104 Å². The molecule has 3 fully saturated rings. The van der Waals surface area contributed by atoms with Gasteiger partial charge in [-0.05, 0) is 0 Å². The first kappa shape index (κ1) is 58.1. The molecule has 3 saturated heterocycles. The quantitative estimate of drug-likeness (QED) is 0.0242. The van der Waals surface area contributed by atoms with E-state index in [-0.39, 0.29) is 64.2 Å². The molecule has 43 heteroatoms. The van der Waals surface area contributed by atoms with Crippen LogP contribution in [-0.2, 0) is 71.2 Å². The number of nitrogen functional groups attached to an aromatic ring is 3. The van der Waals surface area contributed by atoms with Gasteiger partial charge in [0.1, 0.15) is 54.1 Å². The van der Waals surface area contributed by atoms with Gasteiger partial charge < -0.3 is 80.9 Å². The Bertz CT molecular complexity index is 3620. The SMILES string of the molecule is CCC(=O)NC[C@H]1[C@@H](O)[C@H]([n+]2cn(C)c3c(=O)[nH]c(N)nc32)O[C@@H]1COP(=O)(O)OP(=O)(O)OP(=O)(O)OCC1O[C@@H](n2cnc3c(N)ncnc32)[C@H](OC)[C@@H]1P(=O)(O)OC[C@H]1O[C@@H](n2cnc3c(=O)[nH]c(N)nc32)[C@H](O)[C@@H]1O. The van der Waals surface area contributed by atoms with Crippen LogP contribution in [0.15, 0.2) is 34.9 Å². The summed E-state index contributed by atoms with van der Waals surface area (Å²) < 4.78 is 106. The second-order valence-corrected chi connectivity index (χ2v) is 24.4. The van der Waals surface area contributed by atoms with Gasteiger partial charge in [0.25, 0.3) is 17.1 Å². The Morgan fingerprint density at radius 2 is 1.37 bits per heavy atom. The van der Waals surface area contributed by atoms with E-state index in [1.165, 1.54) is 34.0 Å². The Hall–Kier alpha value is -5.60. The number of ether oxygens (including phenoxy) is 4. The topological polar surface area (TPSA) is 562 Å². The lowest BCUT2D eigenvalue weighted by atomic mass is 9.98. The fraction of sp³-hybridized carbons (Fsp3) is 0.556. The third-order valence-corrected chi connectivity index (χ3v) is 18.9. The zero-order valence-electron chi connectivity index (χ0n) is 40.9. The van der Waals surface area contributed by atoms with Gasteiger partial charge in [0.15, 0.2) is 41.4 Å². The van der Waals surface area contributed by atoms with Crippen LogP contribution in [-0.4, -0.2) is 176 Å². The van der Waals surface area contributed by atoms with Gasteiger partial charge in [0.05, 0.1) is 45.6 Å². The molecule has 16 atom stereocenters. The number of carbonyl (C=O) groups excluding carboxylic acids is 1. The van der Waals surface area contributed by atoms with Crippen molar-refractivity contribution >= 4 is 88.2 Å². The minimum atomic E-state index is -6.24. The lowest BCUT2D eigenvalue weighted by molar-refractivity contribution is -0.745. The molecule has 39 nitrogen and oxygen atoms in total. The summed E-state index contributed by atoms with van der Waals surface area (Å²) in [7, 11) is -20.9. The van der Waals surface area contributed by atoms with Crippen molar-refractivity contribution in [2.24, 2.45) is 13.0 Å². The molecule has 16 N–H and O–H groups in total. The largest absolute Gasteiger partial charge is 0.490 e. The van der Waals surface area contributed by atoms with E-state index in [9.17, 15) is 67.5 Å². The monoisotopic (exact) mass is 1200 g/mol. The summed E-state index contributed by atoms with van der Waals surface area (Å²) in [6.07, 6.45) is -11.6. The van der Waals surface area contributed by atoms with Crippen molar-refractivity contribution in [1.82, 2.24) is 58.9 Å². The second-order valence-electron chi connectivity index (χ2n) is 17.8. The molecule has 0 spiro atoms. The van der Waals surface area contributed by atoms with Crippen LogP contribution in [0.4, 0.5) is 17.7 Å². The number of aliphatic hydroxyl groups excluding tert-OH is 3. The van der Waals surface area contributed by atoms with E-state index >= 15 is 0 Å². The third-order valence-electron chi connectivity index (χ3n) is 12.8. The molecule has 1 amide bonds. The van der Waals surface area contributed by atoms with Gasteiger partial charge in [0, 0.05) is 26.0 Å². The van der Waals surface area contributed by atoms with Crippen LogP contribution in [0.5, 0.6) is 0 Å². The predicted octanol–water partition coefficient (Wildman–Crippen LogP) is -3.86. The van der Waals surface area contributed by atoms with E-state index in [4.69, 9.17) is 49.7 Å². The maximum atomic E-state index is 14.5. The Kier molecular flexibility index (Phi) is 16.2. The number of aromatic nitrogens is 12. The highest BCUT2D eigenvalue weighted by Crippen LogP contribution is 2.68. The van der Waals surface area contributed by atoms with Crippen LogP contribution in [0.3, 0.4) is 0 Å². The second kappa shape index (κ2) is 22.0. The number of nitrogens with zero attached hydrogens (tertiary/aromatic N) is 10. The molecule has 0 saturated carbocycles. The van der Waals surface area contributed by atoms with E-state index in [0.29, 0.717) is 0 Å². The van der Waals surface area contributed by atoms with E-state index in [1.54, 1.807) is 0 Å². The standard InChI is InChI=1S/C36H50N16O23P4/c1-4-17(53)40-5-13-14(71-32(21(13)54)52-12-49(2)20-29(52)46-36(39)48-31(20)58)6-69-77(61,62)74-79(65,66)75-78(63,64)70-8-16-25(24(67-3)34(73-16)50-10-43-18-26(37)41-9-42-27(18)50)76(59,60)68-7-15-22(55)23(56)33(72-15)51-11-44-19-28(51)45-35(38)47-30(19)57/h9-16,21-25,32-34,54-56H,4-8H2,1-3H3,(H12-,37,38,39,40,41,42,45,46,47,48,53,57,58,59,60,61,62,63,64,65,66)/p+1/t13-,14-,15-,16?,21-,22-,23-,24-,25-,32-,33-,34-/m1/s1. The smallest absolute Gasteiger partial charge is 0.387 e. The molecule has 432 valence electrons. The van der Waals surface area contributed by atoms with Crippen LogP contribution in [0.2, 0.25) is 0 Å². The van der Waals surface area contributed by atoms with Gasteiger partial charge >= 0.3 is 36.7 Å². The maximum absolute atomic E-state index is 14.5. The van der Waals surface area contributed by atoms with Crippen molar-refractivity contribution in [3.8, 4) is 0 Å². The van der Waals surface area contributed by atoms with Gasteiger partial charge in [-0.25, -0.2) is 38.2 Å². The summed E-state index contributed by atoms with van der Waals surface area (Å²) in [4.78, 5) is 110. The molecular weight excluding hydrogens is 1150 g/mol. The Morgan fingerprint density at radius 1 is 0.759 bits per heavy atom. The highest BCUT2D eigenvalue weighted by molar-refractivity contribution is 7.66. The van der Waals surface area contributed by atoms with E-state index in [2.05, 4.69) is 53.8 Å². The van der Waals surface area contributed by atoms with Crippen molar-refractivity contribution in [3.63, 3.8) is 0 Å². The highest BCUT2D eigenvalue weighted by Gasteiger charge is 2.58. The summed E-state index contributed by atoms with van der Waals surface area (Å²) in [5, 5.41) is 36.0. The number of imidazole rings is 3. The van der Waals surface area contributed by atoms with E-state index < -0.39 is 141 Å². The number of phosphoric acid groups is 3. The molecule has 0 radical (unpaired) electrons. The number of rotatable bonds is 21. The summed E-state index contributed by atoms with van der Waals surface area (Å²) in [6, 6.07) is 0. The summed E-state index contributed by atoms with van der Waals surface area (Å²) in [5.74, 6) is -2.35. The number of aliphatic hydroxyl groups is 3. The molecular formula is C36H51N16O23P4+. The first-order valence-corrected chi connectivity index (χ1v) is 29.1. The molecule has 0 aromatic carbocycles. The van der Waals surface area contributed by atoms with Crippen molar-refractivity contribution in [3.05, 3.63) is 46.0 Å². The first-order chi connectivity index (χ1) is 37.1. The molecule has 3 aliphatic rings. The highest BCUT2D eigenvalue weighted by atomic mass is 31.3. The molecule has 0 bridgehead atoms. The number of hydrogen-bond donors (Lipinski definition) is 13. The Labute approximate surface area is 439 Å². The zero-order chi connectivity index (χ0) is 57.3. The average Bonchev–Trinajstić information content (AvgIpc) is 4.44. The minimum absolute atomic E-state index is 0.000657. The molecule has 5 unspecified atom stereocenters. The van der Waals surface area contributed by atoms with Crippen molar-refractivity contribution in [1.29, 1.82) is 0 Å². The minimum Gasteiger partial charge on any atom is -0.387 e. The van der Waals surface area contributed by atoms with Gasteiger partial charge in [-0.3, -0.25) is 51.7 Å². The van der Waals surface area contributed by atoms with Crippen LogP contribution in [0.1, 0.15) is 32.0 Å². The predicted molar refractivity (Wildman–Crippen MR) is 259 cm³/mol. The maximum Gasteiger partial charge on any atom is 0.490 e. The number of aromatic amines is 2. The van der Waals surface area contributed by atoms with E-state index in [0.717, 1.165) is 30.7 Å². The number of carbonyl (C=O) groups is 1. The van der Waals surface area contributed by atoms with E-state index in [1.807, 2.05) is 0 Å². The molecule has 9 heterocycles. The molecule has 3 aliphatic heterocycles. The zero-order valence-corrected chi connectivity index (χ0v) is 44.5. The van der Waals surface area contributed by atoms with Gasteiger partial charge in [-0.1, -0.05) is 11.9 Å². The average molecular weight is 1200 g/mol. The number of nitrogens with two attached hydrogens (primary N) is 3. The molecule has 79 heavy (non-hydrogen) atoms. The Balaban J connectivity index is 0.894. The van der Waals surface area contributed by atoms with Crippen LogP contribution < -0.4 is 38.2 Å². The van der Waals surface area contributed by atoms with Crippen LogP contribution >= 0.6 is 31.1 Å². The number of nitrogens with one attached hydrogen (secondary N) is 3. The fourth-order valence-corrected chi connectivity index (χ4v) is 14.5.